The first-order chi connectivity index (χ1) is 12.0. The molecule has 3 heterocycles. The van der Waals surface area contributed by atoms with Crippen LogP contribution in [0.5, 0.6) is 0 Å². The number of hydrogen-bond donors (Lipinski definition) is 1. The third-order valence-corrected chi connectivity index (χ3v) is 4.77. The van der Waals surface area contributed by atoms with Gasteiger partial charge in [0.2, 0.25) is 10.0 Å². The minimum atomic E-state index is -3.69. The summed E-state index contributed by atoms with van der Waals surface area (Å²) >= 11 is 0. The number of nitrogens with zero attached hydrogens (tertiary/aromatic N) is 5. The lowest BCUT2D eigenvalue weighted by molar-refractivity contribution is 0.597. The highest BCUT2D eigenvalue weighted by Gasteiger charge is 2.13. The van der Waals surface area contributed by atoms with Crippen LogP contribution in [0.2, 0.25) is 0 Å². The maximum Gasteiger partial charge on any atom is 0.238 e. The highest BCUT2D eigenvalue weighted by molar-refractivity contribution is 7.89. The molecule has 0 bridgehead atoms. The summed E-state index contributed by atoms with van der Waals surface area (Å²) in [6.45, 7) is 0.532. The van der Waals surface area contributed by atoms with Crippen molar-refractivity contribution in [1.29, 1.82) is 0 Å². The summed E-state index contributed by atoms with van der Waals surface area (Å²) in [5, 5.41) is 9.41. The minimum Gasteiger partial charge on any atom is -0.326 e. The van der Waals surface area contributed by atoms with Crippen LogP contribution in [0.3, 0.4) is 0 Å². The van der Waals surface area contributed by atoms with E-state index in [2.05, 4.69) is 15.1 Å². The van der Waals surface area contributed by atoms with E-state index in [4.69, 9.17) is 5.14 Å². The van der Waals surface area contributed by atoms with E-state index >= 15 is 0 Å². The van der Waals surface area contributed by atoms with Crippen LogP contribution < -0.4 is 5.14 Å². The lowest BCUT2D eigenvalue weighted by Gasteiger charge is -2.08. The first-order valence-electron chi connectivity index (χ1n) is 7.44. The number of hydrogen-bond acceptors (Lipinski definition) is 5. The first kappa shape index (κ1) is 15.5. The molecule has 8 nitrogen and oxygen atoms in total. The number of benzene rings is 1. The maximum atomic E-state index is 11.3. The van der Waals surface area contributed by atoms with E-state index in [9.17, 15) is 8.42 Å². The standard InChI is InChI=1S/C16H14N6O2S/c17-25(23,24)13-4-2-12(3-5-13)11-21-9-7-19-15(21)14-10-20-22-8-1-6-18-16(14)22/h1-10H,11H2,(H2,17,23,24). The Morgan fingerprint density at radius 3 is 2.60 bits per heavy atom. The summed E-state index contributed by atoms with van der Waals surface area (Å²) in [4.78, 5) is 8.86. The fraction of sp³-hybridized carbons (Fsp3) is 0.0625. The Bertz CT molecular complexity index is 1140. The van der Waals surface area contributed by atoms with Crippen molar-refractivity contribution >= 4 is 15.7 Å². The number of fused-ring (bicyclic) bond motifs is 1. The molecular weight excluding hydrogens is 340 g/mol. The fourth-order valence-corrected chi connectivity index (χ4v) is 3.16. The van der Waals surface area contributed by atoms with Crippen molar-refractivity contribution in [3.8, 4) is 11.4 Å². The van der Waals surface area contributed by atoms with E-state index in [1.807, 2.05) is 23.0 Å². The van der Waals surface area contributed by atoms with Gasteiger partial charge in [-0.15, -0.1) is 0 Å². The van der Waals surface area contributed by atoms with Crippen molar-refractivity contribution in [2.24, 2.45) is 5.14 Å². The van der Waals surface area contributed by atoms with Crippen molar-refractivity contribution in [2.75, 3.05) is 0 Å². The second-order valence-electron chi connectivity index (χ2n) is 5.51. The van der Waals surface area contributed by atoms with Gasteiger partial charge in [0.05, 0.1) is 16.7 Å². The maximum absolute atomic E-state index is 11.3. The number of sulfonamides is 1. The highest BCUT2D eigenvalue weighted by atomic mass is 32.2. The molecule has 4 aromatic rings. The highest BCUT2D eigenvalue weighted by Crippen LogP contribution is 2.22. The molecule has 0 aliphatic rings. The monoisotopic (exact) mass is 354 g/mol. The summed E-state index contributed by atoms with van der Waals surface area (Å²) < 4.78 is 26.3. The van der Waals surface area contributed by atoms with Crippen LogP contribution in [0.15, 0.2) is 66.2 Å². The van der Waals surface area contributed by atoms with Crippen molar-refractivity contribution in [3.05, 3.63) is 66.9 Å². The van der Waals surface area contributed by atoms with E-state index in [0.717, 1.165) is 22.6 Å². The zero-order valence-electron chi connectivity index (χ0n) is 13.0. The summed E-state index contributed by atoms with van der Waals surface area (Å²) in [6.07, 6.45) is 8.83. The average molecular weight is 354 g/mol. The van der Waals surface area contributed by atoms with Crippen LogP contribution >= 0.6 is 0 Å². The van der Waals surface area contributed by atoms with Gasteiger partial charge < -0.3 is 4.57 Å². The summed E-state index contributed by atoms with van der Waals surface area (Å²) in [7, 11) is -3.69. The van der Waals surface area contributed by atoms with Gasteiger partial charge >= 0.3 is 0 Å². The molecule has 0 spiro atoms. The molecule has 0 saturated heterocycles. The zero-order valence-corrected chi connectivity index (χ0v) is 13.8. The van der Waals surface area contributed by atoms with Gasteiger partial charge in [0, 0.05) is 31.3 Å². The number of rotatable bonds is 4. The van der Waals surface area contributed by atoms with E-state index in [1.165, 1.54) is 12.1 Å². The molecule has 0 atom stereocenters. The Labute approximate surface area is 143 Å². The largest absolute Gasteiger partial charge is 0.326 e. The van der Waals surface area contributed by atoms with Gasteiger partial charge in [0.1, 0.15) is 5.82 Å². The molecule has 0 fully saturated rings. The molecule has 0 aliphatic heterocycles. The number of primary sulfonamides is 1. The van der Waals surface area contributed by atoms with Gasteiger partial charge in [0.25, 0.3) is 0 Å². The Morgan fingerprint density at radius 1 is 1.04 bits per heavy atom. The predicted octanol–water partition coefficient (Wildman–Crippen LogP) is 1.29. The van der Waals surface area contributed by atoms with Crippen LogP contribution in [0.25, 0.3) is 17.0 Å². The molecule has 0 aliphatic carbocycles. The van der Waals surface area contributed by atoms with Crippen LogP contribution in [-0.4, -0.2) is 32.6 Å². The fourth-order valence-electron chi connectivity index (χ4n) is 2.65. The van der Waals surface area contributed by atoms with Crippen LogP contribution in [-0.2, 0) is 16.6 Å². The van der Waals surface area contributed by atoms with E-state index < -0.39 is 10.0 Å². The Balaban J connectivity index is 1.69. The summed E-state index contributed by atoms with van der Waals surface area (Å²) in [6, 6.07) is 8.27. The number of nitrogens with two attached hydrogens (primary N) is 1. The van der Waals surface area contributed by atoms with Gasteiger partial charge in [-0.2, -0.15) is 5.10 Å². The number of aromatic nitrogens is 5. The zero-order chi connectivity index (χ0) is 17.4. The molecule has 2 N–H and O–H groups in total. The molecule has 9 heteroatoms. The summed E-state index contributed by atoms with van der Waals surface area (Å²) in [5.74, 6) is 0.740. The van der Waals surface area contributed by atoms with Crippen LogP contribution in [0, 0.1) is 0 Å². The van der Waals surface area contributed by atoms with Crippen molar-refractivity contribution < 1.29 is 8.42 Å². The van der Waals surface area contributed by atoms with Gasteiger partial charge in [0.15, 0.2) is 5.65 Å². The third kappa shape index (κ3) is 2.90. The van der Waals surface area contributed by atoms with E-state index in [1.54, 1.807) is 35.2 Å². The summed E-state index contributed by atoms with van der Waals surface area (Å²) in [5.41, 5.74) is 2.47. The van der Waals surface area contributed by atoms with Crippen molar-refractivity contribution in [3.63, 3.8) is 0 Å². The van der Waals surface area contributed by atoms with E-state index in [-0.39, 0.29) is 4.90 Å². The normalized spacial score (nSPS) is 11.9. The molecule has 0 amide bonds. The average Bonchev–Trinajstić information content (AvgIpc) is 3.21. The predicted molar refractivity (Wildman–Crippen MR) is 91.1 cm³/mol. The molecule has 126 valence electrons. The molecule has 1 aromatic carbocycles. The SMILES string of the molecule is NS(=O)(=O)c1ccc(Cn2ccnc2-c2cnn3cccnc23)cc1. The van der Waals surface area contributed by atoms with Crippen LogP contribution in [0.1, 0.15) is 5.56 Å². The molecule has 4 rings (SSSR count). The smallest absolute Gasteiger partial charge is 0.238 e. The van der Waals surface area contributed by atoms with Crippen molar-refractivity contribution in [2.45, 2.75) is 11.4 Å². The van der Waals surface area contributed by atoms with Crippen molar-refractivity contribution in [1.82, 2.24) is 24.1 Å². The minimum absolute atomic E-state index is 0.0916. The lowest BCUT2D eigenvalue weighted by Crippen LogP contribution is -2.12. The van der Waals surface area contributed by atoms with Gasteiger partial charge in [-0.3, -0.25) is 0 Å². The molecule has 0 saturated carbocycles. The van der Waals surface area contributed by atoms with Gasteiger partial charge in [-0.1, -0.05) is 12.1 Å². The Morgan fingerprint density at radius 2 is 1.84 bits per heavy atom. The van der Waals surface area contributed by atoms with Gasteiger partial charge in [-0.25, -0.2) is 28.0 Å². The Kier molecular flexibility index (Phi) is 3.59. The first-order valence-corrected chi connectivity index (χ1v) is 8.98. The lowest BCUT2D eigenvalue weighted by atomic mass is 10.2. The quantitative estimate of drug-likeness (QED) is 0.594. The molecule has 3 aromatic heterocycles. The number of imidazole rings is 1. The second-order valence-corrected chi connectivity index (χ2v) is 7.08. The van der Waals surface area contributed by atoms with Gasteiger partial charge in [-0.05, 0) is 23.8 Å². The third-order valence-electron chi connectivity index (χ3n) is 3.84. The molecular formula is C16H14N6O2S. The van der Waals surface area contributed by atoms with Crippen LogP contribution in [0.4, 0.5) is 0 Å². The second kappa shape index (κ2) is 5.80. The van der Waals surface area contributed by atoms with E-state index in [0.29, 0.717) is 6.54 Å². The molecule has 0 radical (unpaired) electrons. The molecule has 0 unspecified atom stereocenters. The molecule has 25 heavy (non-hydrogen) atoms. The Hall–Kier alpha value is -3.04. The topological polar surface area (TPSA) is 108 Å².